The van der Waals surface area contributed by atoms with Crippen molar-refractivity contribution < 1.29 is 18.5 Å². The maximum atomic E-state index is 13.2. The normalized spacial score (nSPS) is 13.5. The van der Waals surface area contributed by atoms with Crippen molar-refractivity contribution in [2.45, 2.75) is 46.0 Å². The Morgan fingerprint density at radius 2 is 2.00 bits per heavy atom. The van der Waals surface area contributed by atoms with E-state index >= 15 is 0 Å². The molecule has 0 fully saturated rings. The minimum Gasteiger partial charge on any atom is -0.610 e. The zero-order valence-electron chi connectivity index (χ0n) is 10.5. The standard InChI is InChI=1S/C12H21FO3S/c1-3-4-5-6-7-10-17(15)12(13)8-9-16-11(2)14/h8H,3-7,9-10H2,1-2H3/b12-8-. The van der Waals surface area contributed by atoms with Crippen LogP contribution >= 0.6 is 0 Å². The van der Waals surface area contributed by atoms with Crippen molar-refractivity contribution in [3.05, 3.63) is 11.2 Å². The Labute approximate surface area is 106 Å². The van der Waals surface area contributed by atoms with Gasteiger partial charge in [-0.05, 0) is 12.8 Å². The molecule has 0 rings (SSSR count). The molecule has 0 amide bonds. The van der Waals surface area contributed by atoms with Gasteiger partial charge >= 0.3 is 5.97 Å². The van der Waals surface area contributed by atoms with Crippen molar-refractivity contribution in [2.24, 2.45) is 0 Å². The number of carbonyl (C=O) groups excluding carboxylic acids is 1. The zero-order valence-corrected chi connectivity index (χ0v) is 11.4. The Balaban J connectivity index is 3.65. The minimum atomic E-state index is -1.58. The number of hydrogen-bond acceptors (Lipinski definition) is 3. The van der Waals surface area contributed by atoms with E-state index in [-0.39, 0.29) is 6.61 Å². The molecule has 1 unspecified atom stereocenters. The second-order valence-corrected chi connectivity index (χ2v) is 5.26. The highest BCUT2D eigenvalue weighted by molar-refractivity contribution is 7.95. The van der Waals surface area contributed by atoms with Gasteiger partial charge in [-0.3, -0.25) is 4.79 Å². The topological polar surface area (TPSA) is 49.4 Å². The average Bonchev–Trinajstić information content (AvgIpc) is 2.27. The van der Waals surface area contributed by atoms with Crippen molar-refractivity contribution in [1.29, 1.82) is 0 Å². The van der Waals surface area contributed by atoms with Gasteiger partial charge in [0, 0.05) is 24.2 Å². The van der Waals surface area contributed by atoms with Gasteiger partial charge in [0.25, 0.3) is 5.16 Å². The SMILES string of the molecule is CCCCCCC[S+]([O-])/C(F)=C\COC(C)=O. The summed E-state index contributed by atoms with van der Waals surface area (Å²) in [6.45, 7) is 3.22. The lowest BCUT2D eigenvalue weighted by molar-refractivity contribution is -0.139. The smallest absolute Gasteiger partial charge is 0.302 e. The third kappa shape index (κ3) is 10.3. The number of hydrogen-bond donors (Lipinski definition) is 0. The second-order valence-electron chi connectivity index (χ2n) is 3.77. The molecule has 0 aliphatic carbocycles. The van der Waals surface area contributed by atoms with Crippen molar-refractivity contribution in [1.82, 2.24) is 0 Å². The molecule has 100 valence electrons. The van der Waals surface area contributed by atoms with E-state index in [1.165, 1.54) is 6.92 Å². The Morgan fingerprint density at radius 1 is 1.35 bits per heavy atom. The molecule has 0 aromatic heterocycles. The molecule has 17 heavy (non-hydrogen) atoms. The molecule has 0 spiro atoms. The second kappa shape index (κ2) is 10.6. The van der Waals surface area contributed by atoms with Gasteiger partial charge in [-0.1, -0.05) is 26.2 Å². The molecule has 0 bridgehead atoms. The van der Waals surface area contributed by atoms with Gasteiger partial charge in [-0.2, -0.15) is 4.39 Å². The van der Waals surface area contributed by atoms with Crippen LogP contribution in [0.25, 0.3) is 0 Å². The van der Waals surface area contributed by atoms with Gasteiger partial charge in [0.15, 0.2) is 0 Å². The molecular weight excluding hydrogens is 243 g/mol. The number of ether oxygens (including phenoxy) is 1. The van der Waals surface area contributed by atoms with Crippen LogP contribution in [0.4, 0.5) is 4.39 Å². The van der Waals surface area contributed by atoms with Crippen LogP contribution in [0.2, 0.25) is 0 Å². The first-order valence-corrected chi connectivity index (χ1v) is 7.27. The summed E-state index contributed by atoms with van der Waals surface area (Å²) in [5, 5.41) is -0.693. The Kier molecular flexibility index (Phi) is 10.3. The van der Waals surface area contributed by atoms with E-state index < -0.39 is 22.3 Å². The Bertz CT molecular complexity index is 244. The van der Waals surface area contributed by atoms with Gasteiger partial charge in [0.05, 0.1) is 0 Å². The molecule has 0 saturated carbocycles. The number of halogens is 1. The monoisotopic (exact) mass is 264 g/mol. The summed E-state index contributed by atoms with van der Waals surface area (Å²) in [6.07, 6.45) is 6.23. The van der Waals surface area contributed by atoms with Gasteiger partial charge in [0.2, 0.25) is 0 Å². The Hall–Kier alpha value is -0.550. The summed E-state index contributed by atoms with van der Waals surface area (Å²) in [4.78, 5) is 10.4. The number of esters is 1. The van der Waals surface area contributed by atoms with E-state index in [0.717, 1.165) is 38.2 Å². The van der Waals surface area contributed by atoms with Crippen LogP contribution in [0.15, 0.2) is 11.2 Å². The summed E-state index contributed by atoms with van der Waals surface area (Å²) in [5.41, 5.74) is 0. The quantitative estimate of drug-likeness (QED) is 0.365. The lowest BCUT2D eigenvalue weighted by atomic mass is 10.2. The molecule has 1 atom stereocenters. The Morgan fingerprint density at radius 3 is 2.59 bits per heavy atom. The average molecular weight is 264 g/mol. The number of rotatable bonds is 9. The lowest BCUT2D eigenvalue weighted by Gasteiger charge is -2.07. The highest BCUT2D eigenvalue weighted by Gasteiger charge is 2.13. The maximum Gasteiger partial charge on any atom is 0.302 e. The molecule has 0 radical (unpaired) electrons. The lowest BCUT2D eigenvalue weighted by Crippen LogP contribution is -2.08. The first-order valence-electron chi connectivity index (χ1n) is 5.95. The zero-order chi connectivity index (χ0) is 13.1. The van der Waals surface area contributed by atoms with Gasteiger partial charge in [-0.25, -0.2) is 0 Å². The predicted octanol–water partition coefficient (Wildman–Crippen LogP) is 3.08. The molecule has 0 aromatic carbocycles. The van der Waals surface area contributed by atoms with Crippen LogP contribution in [0, 0.1) is 0 Å². The fraction of sp³-hybridized carbons (Fsp3) is 0.750. The fourth-order valence-corrected chi connectivity index (χ4v) is 2.17. The first kappa shape index (κ1) is 16.4. The van der Waals surface area contributed by atoms with E-state index in [1.807, 2.05) is 0 Å². The molecule has 0 aliphatic heterocycles. The van der Waals surface area contributed by atoms with Gasteiger partial charge < -0.3 is 9.29 Å². The fourth-order valence-electron chi connectivity index (χ4n) is 1.25. The maximum absolute atomic E-state index is 13.2. The van der Waals surface area contributed by atoms with Crippen LogP contribution in [0.1, 0.15) is 46.0 Å². The largest absolute Gasteiger partial charge is 0.610 e. The number of carbonyl (C=O) groups is 1. The summed E-state index contributed by atoms with van der Waals surface area (Å²) in [7, 11) is 0. The van der Waals surface area contributed by atoms with Crippen molar-refractivity contribution in [3.8, 4) is 0 Å². The van der Waals surface area contributed by atoms with E-state index in [9.17, 15) is 13.7 Å². The van der Waals surface area contributed by atoms with Crippen LogP contribution in [-0.4, -0.2) is 22.9 Å². The van der Waals surface area contributed by atoms with Crippen molar-refractivity contribution >= 4 is 17.1 Å². The summed E-state index contributed by atoms with van der Waals surface area (Å²) >= 11 is -1.58. The van der Waals surface area contributed by atoms with Crippen LogP contribution in [0.3, 0.4) is 0 Å². The van der Waals surface area contributed by atoms with E-state index in [2.05, 4.69) is 11.7 Å². The summed E-state index contributed by atoms with van der Waals surface area (Å²) in [6, 6.07) is 0. The van der Waals surface area contributed by atoms with Gasteiger partial charge in [0.1, 0.15) is 12.4 Å². The van der Waals surface area contributed by atoms with Gasteiger partial charge in [-0.15, -0.1) is 0 Å². The predicted molar refractivity (Wildman–Crippen MR) is 67.6 cm³/mol. The molecule has 5 heteroatoms. The third-order valence-electron chi connectivity index (χ3n) is 2.18. The molecule has 0 aromatic rings. The minimum absolute atomic E-state index is 0.150. The highest BCUT2D eigenvalue weighted by atomic mass is 32.2. The first-order chi connectivity index (χ1) is 8.07. The molecular formula is C12H21FO3S. The third-order valence-corrected chi connectivity index (χ3v) is 3.44. The van der Waals surface area contributed by atoms with E-state index in [4.69, 9.17) is 0 Å². The van der Waals surface area contributed by atoms with E-state index in [1.54, 1.807) is 0 Å². The van der Waals surface area contributed by atoms with E-state index in [0.29, 0.717) is 5.75 Å². The molecule has 0 heterocycles. The van der Waals surface area contributed by atoms with Crippen LogP contribution in [0.5, 0.6) is 0 Å². The van der Waals surface area contributed by atoms with Crippen molar-refractivity contribution in [2.75, 3.05) is 12.4 Å². The highest BCUT2D eigenvalue weighted by Crippen LogP contribution is 2.12. The molecule has 0 saturated heterocycles. The van der Waals surface area contributed by atoms with Crippen LogP contribution in [-0.2, 0) is 20.7 Å². The van der Waals surface area contributed by atoms with Crippen molar-refractivity contribution in [3.63, 3.8) is 0 Å². The molecule has 0 N–H and O–H groups in total. The summed E-state index contributed by atoms with van der Waals surface area (Å²) in [5.74, 6) is -0.133. The molecule has 3 nitrogen and oxygen atoms in total. The molecule has 0 aliphatic rings. The number of unbranched alkanes of at least 4 members (excludes halogenated alkanes) is 4. The summed E-state index contributed by atoms with van der Waals surface area (Å²) < 4.78 is 29.1. The van der Waals surface area contributed by atoms with Crippen LogP contribution < -0.4 is 0 Å².